The standard InChI is InChI=1S/C14H22N2O.C12H19BrN2/c1-9(17)10-8-11(13(2,3)4)16-12(15-10)14(5,6)7;1-11(2,3)8-7-9(13)15-10(14-8)12(4,5)6/h8H,1-7H3;7H,1-6H3. The van der Waals surface area contributed by atoms with Gasteiger partial charge >= 0.3 is 0 Å². The quantitative estimate of drug-likeness (QED) is 0.305. The van der Waals surface area contributed by atoms with Crippen molar-refractivity contribution in [3.05, 3.63) is 45.5 Å². The van der Waals surface area contributed by atoms with Gasteiger partial charge in [0.2, 0.25) is 0 Å². The Morgan fingerprint density at radius 1 is 0.625 bits per heavy atom. The van der Waals surface area contributed by atoms with Crippen molar-refractivity contribution in [1.82, 2.24) is 19.9 Å². The van der Waals surface area contributed by atoms with Gasteiger partial charge in [0.15, 0.2) is 5.78 Å². The predicted molar refractivity (Wildman–Crippen MR) is 137 cm³/mol. The number of rotatable bonds is 1. The minimum absolute atomic E-state index is 0.0101. The fraction of sp³-hybridized carbons (Fsp3) is 0.654. The summed E-state index contributed by atoms with van der Waals surface area (Å²) in [6.45, 7) is 26.8. The predicted octanol–water partition coefficient (Wildman–Crippen LogP) is 7.11. The molecule has 0 radical (unpaired) electrons. The number of aromatic nitrogens is 4. The van der Waals surface area contributed by atoms with E-state index in [-0.39, 0.29) is 27.4 Å². The van der Waals surface area contributed by atoms with Gasteiger partial charge < -0.3 is 0 Å². The van der Waals surface area contributed by atoms with Crippen LogP contribution in [0.2, 0.25) is 0 Å². The number of Topliss-reactive ketones (excluding diaryl/α,β-unsaturated/α-hetero) is 1. The third-order valence-electron chi connectivity index (χ3n) is 4.66. The first-order valence-electron chi connectivity index (χ1n) is 11.1. The summed E-state index contributed by atoms with van der Waals surface area (Å²) in [6, 6.07) is 3.80. The maximum absolute atomic E-state index is 11.5. The van der Waals surface area contributed by atoms with Crippen LogP contribution in [0.4, 0.5) is 0 Å². The molecule has 0 unspecified atom stereocenters. The molecule has 0 amide bonds. The molecule has 0 aliphatic rings. The summed E-state index contributed by atoms with van der Waals surface area (Å²) < 4.78 is 0.868. The van der Waals surface area contributed by atoms with E-state index < -0.39 is 0 Å². The molecule has 0 aliphatic carbocycles. The zero-order valence-corrected chi connectivity index (χ0v) is 23.8. The number of nitrogens with zero attached hydrogens (tertiary/aromatic N) is 4. The Labute approximate surface area is 203 Å². The molecule has 0 aromatic carbocycles. The average molecular weight is 506 g/mol. The minimum Gasteiger partial charge on any atom is -0.293 e. The van der Waals surface area contributed by atoms with Crippen molar-refractivity contribution in [3.63, 3.8) is 0 Å². The van der Waals surface area contributed by atoms with Crippen LogP contribution in [0.25, 0.3) is 0 Å². The van der Waals surface area contributed by atoms with Gasteiger partial charge in [0.25, 0.3) is 0 Å². The van der Waals surface area contributed by atoms with Crippen molar-refractivity contribution in [3.8, 4) is 0 Å². The van der Waals surface area contributed by atoms with Crippen molar-refractivity contribution in [1.29, 1.82) is 0 Å². The van der Waals surface area contributed by atoms with Crippen LogP contribution in [0.5, 0.6) is 0 Å². The second-order valence-corrected chi connectivity index (χ2v) is 13.2. The van der Waals surface area contributed by atoms with E-state index in [1.165, 1.54) is 0 Å². The smallest absolute Gasteiger partial charge is 0.178 e. The number of hydrogen-bond donors (Lipinski definition) is 0. The van der Waals surface area contributed by atoms with E-state index in [0.29, 0.717) is 5.69 Å². The van der Waals surface area contributed by atoms with Crippen LogP contribution < -0.4 is 0 Å². The lowest BCUT2D eigenvalue weighted by molar-refractivity contribution is 0.101. The molecule has 0 saturated carbocycles. The van der Waals surface area contributed by atoms with Crippen molar-refractivity contribution in [2.75, 3.05) is 0 Å². The van der Waals surface area contributed by atoms with Crippen LogP contribution in [0.3, 0.4) is 0 Å². The molecule has 0 saturated heterocycles. The summed E-state index contributed by atoms with van der Waals surface area (Å²) in [5, 5.41) is 0. The Balaban J connectivity index is 0.000000323. The highest BCUT2D eigenvalue weighted by atomic mass is 79.9. The molecule has 178 valence electrons. The first kappa shape index (κ1) is 28.3. The van der Waals surface area contributed by atoms with Crippen LogP contribution in [0.15, 0.2) is 16.7 Å². The van der Waals surface area contributed by atoms with Gasteiger partial charge in [0.05, 0.1) is 11.4 Å². The molecule has 6 heteroatoms. The summed E-state index contributed by atoms with van der Waals surface area (Å²) in [4.78, 5) is 29.5. The summed E-state index contributed by atoms with van der Waals surface area (Å²) >= 11 is 3.45. The SMILES string of the molecule is CC(=O)c1cc(C(C)(C)C)nc(C(C)(C)C)n1.CC(C)(C)c1cc(Br)nc(C(C)(C)C)n1. The largest absolute Gasteiger partial charge is 0.293 e. The second kappa shape index (κ2) is 9.66. The average Bonchev–Trinajstić information content (AvgIpc) is 2.58. The molecule has 2 aromatic heterocycles. The third kappa shape index (κ3) is 8.34. The molecule has 0 N–H and O–H groups in total. The van der Waals surface area contributed by atoms with Crippen molar-refractivity contribution in [2.45, 2.75) is 112 Å². The highest BCUT2D eigenvalue weighted by molar-refractivity contribution is 9.10. The summed E-state index contributed by atoms with van der Waals surface area (Å²) in [5.41, 5.74) is 2.33. The van der Waals surface area contributed by atoms with Gasteiger partial charge in [-0.15, -0.1) is 0 Å². The van der Waals surface area contributed by atoms with Crippen molar-refractivity contribution < 1.29 is 4.79 Å². The van der Waals surface area contributed by atoms with E-state index in [9.17, 15) is 4.79 Å². The van der Waals surface area contributed by atoms with Crippen LogP contribution in [-0.2, 0) is 21.7 Å². The van der Waals surface area contributed by atoms with E-state index in [0.717, 1.165) is 27.6 Å². The zero-order valence-electron chi connectivity index (χ0n) is 22.2. The lowest BCUT2D eigenvalue weighted by Crippen LogP contribution is -2.23. The van der Waals surface area contributed by atoms with E-state index in [2.05, 4.69) is 119 Å². The van der Waals surface area contributed by atoms with Crippen LogP contribution >= 0.6 is 15.9 Å². The number of ketones is 1. The number of halogens is 1. The van der Waals surface area contributed by atoms with E-state index in [1.807, 2.05) is 6.07 Å². The Morgan fingerprint density at radius 3 is 1.34 bits per heavy atom. The highest BCUT2D eigenvalue weighted by Crippen LogP contribution is 2.27. The number of carbonyl (C=O) groups is 1. The van der Waals surface area contributed by atoms with Gasteiger partial charge in [-0.3, -0.25) is 4.79 Å². The molecular formula is C26H41BrN4O. The van der Waals surface area contributed by atoms with Gasteiger partial charge in [-0.05, 0) is 28.1 Å². The Bertz CT molecular complexity index is 891. The molecule has 2 heterocycles. The zero-order chi connectivity index (χ0) is 25.3. The second-order valence-electron chi connectivity index (χ2n) is 12.4. The Hall–Kier alpha value is -1.69. The lowest BCUT2D eigenvalue weighted by atomic mass is 9.89. The van der Waals surface area contributed by atoms with Crippen LogP contribution in [0.1, 0.15) is 124 Å². The van der Waals surface area contributed by atoms with Gasteiger partial charge in [-0.1, -0.05) is 83.1 Å². The Morgan fingerprint density at radius 2 is 1.00 bits per heavy atom. The van der Waals surface area contributed by atoms with E-state index >= 15 is 0 Å². The Kier molecular flexibility index (Phi) is 8.56. The molecule has 0 spiro atoms. The fourth-order valence-electron chi connectivity index (χ4n) is 2.48. The van der Waals surface area contributed by atoms with Crippen LogP contribution in [-0.4, -0.2) is 25.7 Å². The molecule has 2 aromatic rings. The molecule has 32 heavy (non-hydrogen) atoms. The van der Waals surface area contributed by atoms with E-state index in [4.69, 9.17) is 0 Å². The summed E-state index contributed by atoms with van der Waals surface area (Å²) in [7, 11) is 0. The van der Waals surface area contributed by atoms with E-state index in [1.54, 1.807) is 13.0 Å². The van der Waals surface area contributed by atoms with Gasteiger partial charge in [-0.2, -0.15) is 0 Å². The topological polar surface area (TPSA) is 68.6 Å². The van der Waals surface area contributed by atoms with Gasteiger partial charge in [-0.25, -0.2) is 19.9 Å². The molecule has 5 nitrogen and oxygen atoms in total. The normalized spacial score (nSPS) is 12.8. The van der Waals surface area contributed by atoms with Crippen LogP contribution in [0, 0.1) is 0 Å². The first-order valence-corrected chi connectivity index (χ1v) is 11.9. The molecule has 2 rings (SSSR count). The van der Waals surface area contributed by atoms with Crippen molar-refractivity contribution >= 4 is 21.7 Å². The first-order chi connectivity index (χ1) is 14.1. The molecular weight excluding hydrogens is 464 g/mol. The molecule has 0 fully saturated rings. The summed E-state index contributed by atoms with van der Waals surface area (Å²) in [5.74, 6) is 1.61. The minimum atomic E-state index is -0.147. The molecule has 0 aliphatic heterocycles. The van der Waals surface area contributed by atoms with Gasteiger partial charge in [0.1, 0.15) is 21.9 Å². The maximum atomic E-state index is 11.5. The number of carbonyl (C=O) groups excluding carboxylic acids is 1. The fourth-order valence-corrected chi connectivity index (χ4v) is 2.87. The monoisotopic (exact) mass is 504 g/mol. The molecule has 0 bridgehead atoms. The van der Waals surface area contributed by atoms with Crippen molar-refractivity contribution in [2.24, 2.45) is 0 Å². The lowest BCUT2D eigenvalue weighted by Gasteiger charge is -2.23. The van der Waals surface area contributed by atoms with Gasteiger partial charge in [0, 0.05) is 28.6 Å². The third-order valence-corrected chi connectivity index (χ3v) is 5.07. The number of hydrogen-bond acceptors (Lipinski definition) is 5. The maximum Gasteiger partial charge on any atom is 0.178 e. The summed E-state index contributed by atoms with van der Waals surface area (Å²) in [6.07, 6.45) is 0. The highest BCUT2D eigenvalue weighted by Gasteiger charge is 2.25. The molecule has 0 atom stereocenters.